The Bertz CT molecular complexity index is 3330. The first kappa shape index (κ1) is 85.2. The number of hydrogen-bond donors (Lipinski definition) is 8. The van der Waals surface area contributed by atoms with Crippen LogP contribution in [0.25, 0.3) is 0 Å². The van der Waals surface area contributed by atoms with Gasteiger partial charge in [0.2, 0.25) is 65.0 Å². The van der Waals surface area contributed by atoms with Gasteiger partial charge >= 0.3 is 6.09 Å². The second-order valence-corrected chi connectivity index (χ2v) is 29.1. The minimum absolute atomic E-state index is 0.00218. The molecule has 2 aliphatic rings. The highest BCUT2D eigenvalue weighted by molar-refractivity contribution is 8.00. The van der Waals surface area contributed by atoms with E-state index in [1.54, 1.807) is 96.8 Å². The summed E-state index contributed by atoms with van der Waals surface area (Å²) in [5.41, 5.74) is 7.95. The topological polar surface area (TPSA) is 364 Å². The molecule has 0 bridgehead atoms. The monoisotopic (exact) mass is 1450 g/mol. The number of amides is 12. The number of primary amides is 1. The van der Waals surface area contributed by atoms with Crippen LogP contribution in [0, 0.1) is 23.7 Å². The van der Waals surface area contributed by atoms with Crippen LogP contribution in [0.4, 0.5) is 10.5 Å². The molecule has 568 valence electrons. The summed E-state index contributed by atoms with van der Waals surface area (Å²) in [5.74, 6) is -6.20. The number of ether oxygens (including phenoxy) is 3. The van der Waals surface area contributed by atoms with E-state index in [9.17, 15) is 62.6 Å². The van der Waals surface area contributed by atoms with Crippen molar-refractivity contribution >= 4 is 88.5 Å². The molecule has 103 heavy (non-hydrogen) atoms. The van der Waals surface area contributed by atoms with Crippen LogP contribution in [0.2, 0.25) is 0 Å². The summed E-state index contributed by atoms with van der Waals surface area (Å²) in [6.45, 7) is 17.9. The summed E-state index contributed by atoms with van der Waals surface area (Å²) in [6, 6.07) is 17.9. The van der Waals surface area contributed by atoms with Gasteiger partial charge in [0.1, 0.15) is 36.8 Å². The molecule has 3 aromatic carbocycles. The number of carbonyl (C=O) groups is 12. The molecule has 5 rings (SSSR count). The van der Waals surface area contributed by atoms with Gasteiger partial charge in [0, 0.05) is 78.5 Å². The predicted molar refractivity (Wildman–Crippen MR) is 391 cm³/mol. The lowest BCUT2D eigenvalue weighted by atomic mass is 9.90. The number of benzene rings is 3. The number of hydrogen-bond acceptors (Lipinski definition) is 17. The van der Waals surface area contributed by atoms with Crippen LogP contribution in [-0.2, 0) is 80.0 Å². The van der Waals surface area contributed by atoms with Crippen LogP contribution in [0.15, 0.2) is 84.9 Å². The van der Waals surface area contributed by atoms with Crippen LogP contribution < -0.4 is 37.6 Å². The Morgan fingerprint density at radius 2 is 1.32 bits per heavy atom. The first-order valence-corrected chi connectivity index (χ1v) is 36.8. The van der Waals surface area contributed by atoms with Gasteiger partial charge in [-0.3, -0.25) is 62.5 Å². The number of thioether (sulfide) groups is 1. The number of unbranched alkanes of at least 4 members (excludes halogenated alkanes) is 2. The van der Waals surface area contributed by atoms with Crippen LogP contribution >= 0.6 is 11.8 Å². The van der Waals surface area contributed by atoms with E-state index >= 15 is 0 Å². The number of likely N-dealkylation sites (N-methyl/N-ethyl adjacent to an activating group) is 2. The smallest absolute Gasteiger partial charge is 0.410 e. The molecule has 0 aromatic heterocycles. The second-order valence-electron chi connectivity index (χ2n) is 27.8. The van der Waals surface area contributed by atoms with Gasteiger partial charge < -0.3 is 66.8 Å². The number of nitrogens with one attached hydrogen (secondary N) is 6. The zero-order valence-corrected chi connectivity index (χ0v) is 63.1. The highest BCUT2D eigenvalue weighted by Gasteiger charge is 2.44. The van der Waals surface area contributed by atoms with E-state index in [1.807, 2.05) is 62.4 Å². The number of carbonyl (C=O) groups excluding carboxylic acids is 12. The highest BCUT2D eigenvalue weighted by Crippen LogP contribution is 2.31. The normalized spacial score (nSPS) is 18.0. The van der Waals surface area contributed by atoms with Crippen molar-refractivity contribution in [1.29, 1.82) is 0 Å². The average Bonchev–Trinajstić information content (AvgIpc) is 1.80. The van der Waals surface area contributed by atoms with E-state index in [0.717, 1.165) is 10.5 Å². The van der Waals surface area contributed by atoms with Gasteiger partial charge in [-0.25, -0.2) is 4.79 Å². The molecule has 14 atom stereocenters. The molecule has 9 N–H and O–H groups in total. The predicted octanol–water partition coefficient (Wildman–Crippen LogP) is 5.55. The summed E-state index contributed by atoms with van der Waals surface area (Å²) in [4.78, 5) is 166. The van der Waals surface area contributed by atoms with Crippen LogP contribution in [0.5, 0.6) is 0 Å². The van der Waals surface area contributed by atoms with Crippen LogP contribution in [0.3, 0.4) is 0 Å². The van der Waals surface area contributed by atoms with Crippen molar-refractivity contribution in [2.75, 3.05) is 52.5 Å². The molecule has 27 nitrogen and oxygen atoms in total. The quantitative estimate of drug-likeness (QED) is 0.0255. The van der Waals surface area contributed by atoms with Crippen molar-refractivity contribution in [3.05, 3.63) is 102 Å². The summed E-state index contributed by atoms with van der Waals surface area (Å²) >= 11 is 1.20. The van der Waals surface area contributed by atoms with E-state index in [-0.39, 0.29) is 92.4 Å². The van der Waals surface area contributed by atoms with E-state index < -0.39 is 125 Å². The van der Waals surface area contributed by atoms with E-state index in [1.165, 1.54) is 49.8 Å². The number of likely N-dealkylation sites (tertiary alicyclic amines) is 2. The van der Waals surface area contributed by atoms with E-state index in [0.29, 0.717) is 61.9 Å². The van der Waals surface area contributed by atoms with Crippen molar-refractivity contribution in [1.82, 2.24) is 46.2 Å². The fourth-order valence-corrected chi connectivity index (χ4v) is 14.2. The number of nitrogens with zero attached hydrogens (tertiary/aromatic N) is 4. The van der Waals surface area contributed by atoms with Crippen molar-refractivity contribution in [3.63, 3.8) is 0 Å². The Balaban J connectivity index is 1.03. The number of nitrogens with two attached hydrogens (primary N) is 1. The maximum atomic E-state index is 14.4. The molecule has 0 aliphatic carbocycles. The van der Waals surface area contributed by atoms with Gasteiger partial charge in [0.05, 0.1) is 54.0 Å². The first-order valence-electron chi connectivity index (χ1n) is 35.8. The van der Waals surface area contributed by atoms with Crippen molar-refractivity contribution < 1.29 is 76.9 Å². The van der Waals surface area contributed by atoms with Crippen molar-refractivity contribution in [2.24, 2.45) is 29.4 Å². The fraction of sp³-hybridized carbons (Fsp3) is 0.600. The summed E-state index contributed by atoms with van der Waals surface area (Å²) < 4.78 is 17.6. The SMILES string of the molecule is CC[C@H](C)C([C@@H](CC(=O)N1CCC[C@H]1[C@H](OC)[C@@H](C)C(=O)N[C@H](C)[C@@H](O)c1ccccc1)OC)N(C)C(=O)[C@H](C)NC(=O)[C@H](C(C)C)N(C)C(=O)OCc1ccc(NC(=O)[C@H](C)NC(=O)[C@@H](NC(=O)CCCCCN2C(=O)CC(SCCC(=O)N[C@H](Cc3ccccc3)C(N)=O)C2=O)C(C)C)cc1. The Morgan fingerprint density at radius 1 is 0.689 bits per heavy atom. The Morgan fingerprint density at radius 3 is 1.92 bits per heavy atom. The molecule has 2 fully saturated rings. The minimum Gasteiger partial charge on any atom is -0.445 e. The third-order valence-corrected chi connectivity index (χ3v) is 20.5. The van der Waals surface area contributed by atoms with Crippen molar-refractivity contribution in [2.45, 2.75) is 218 Å². The third-order valence-electron chi connectivity index (χ3n) is 19.3. The van der Waals surface area contributed by atoms with Crippen LogP contribution in [0.1, 0.15) is 156 Å². The third kappa shape index (κ3) is 25.1. The molecule has 12 amide bonds. The molecule has 2 heterocycles. The van der Waals surface area contributed by atoms with Gasteiger partial charge in [0.25, 0.3) is 0 Å². The van der Waals surface area contributed by atoms with Gasteiger partial charge in [-0.1, -0.05) is 134 Å². The molecule has 2 saturated heterocycles. The number of methoxy groups -OCH3 is 2. The van der Waals surface area contributed by atoms with E-state index in [2.05, 4.69) is 31.9 Å². The number of aliphatic hydroxyl groups is 1. The lowest BCUT2D eigenvalue weighted by Crippen LogP contribution is -2.58. The molecule has 3 aromatic rings. The van der Waals surface area contributed by atoms with Gasteiger partial charge in [-0.15, -0.1) is 11.8 Å². The lowest BCUT2D eigenvalue weighted by Gasteiger charge is -2.40. The molecule has 2 unspecified atom stereocenters. The molecule has 0 radical (unpaired) electrons. The number of aliphatic hydroxyl groups excluding tert-OH is 1. The Kier molecular flexibility index (Phi) is 34.5. The van der Waals surface area contributed by atoms with Crippen molar-refractivity contribution in [3.8, 4) is 0 Å². The summed E-state index contributed by atoms with van der Waals surface area (Å²) in [5, 5.41) is 26.9. The zero-order valence-electron chi connectivity index (χ0n) is 62.3. The zero-order chi connectivity index (χ0) is 76.4. The van der Waals surface area contributed by atoms with Gasteiger partial charge in [0.15, 0.2) is 0 Å². The minimum atomic E-state index is -1.07. The van der Waals surface area contributed by atoms with Gasteiger partial charge in [-0.05, 0) is 93.0 Å². The average molecular weight is 1450 g/mol. The molecule has 28 heteroatoms. The largest absolute Gasteiger partial charge is 0.445 e. The number of anilines is 1. The van der Waals surface area contributed by atoms with Crippen LogP contribution in [-0.4, -0.2) is 209 Å². The molecule has 2 aliphatic heterocycles. The second kappa shape index (κ2) is 41.7. The Labute approximate surface area is 610 Å². The Hall–Kier alpha value is -8.47. The summed E-state index contributed by atoms with van der Waals surface area (Å²) in [7, 11) is 6.04. The summed E-state index contributed by atoms with van der Waals surface area (Å²) in [6.07, 6.45) is 0.337. The first-order chi connectivity index (χ1) is 48.8. The standard InChI is InChI=1S/C75H111N11O16S/c1-15-46(6)65(57(100-13)41-61(89)85-38-25-30-56(85)67(101-14)47(7)69(93)77-48(8)66(91)53-28-21-17-22-29-53)83(11)73(97)50(10)79-72(96)64(45(4)5)84(12)75(99)102-43-52-32-34-54(35-33-52)80-70(94)49(9)78-71(95)63(44(2)3)82-59(87)31-23-18-24-37-86-62(90)42-58(74(86)98)103-39-36-60(88)81-55(68(76)92)40-51-26-19-16-20-27-51/h16-17,19-22,26-29,32-35,44-50,55-58,63-67,91H,15,18,23-25,30-31,36-43H2,1-14H3,(H2,76,92)(H,77,93)(H,78,95)(H,79,96)(H,80,94)(H,81,88)(H,82,87)/t46-,47+,48+,49-,50-,55+,56-,57+,58?,63-,64-,65?,66+,67+/m0/s1. The highest BCUT2D eigenvalue weighted by atomic mass is 32.2. The molecular weight excluding hydrogens is 1340 g/mol. The molecule has 0 saturated carbocycles. The van der Waals surface area contributed by atoms with Gasteiger partial charge in [-0.2, -0.15) is 0 Å². The maximum Gasteiger partial charge on any atom is 0.410 e. The molecule has 0 spiro atoms. The maximum absolute atomic E-state index is 14.4. The number of imide groups is 1. The van der Waals surface area contributed by atoms with E-state index in [4.69, 9.17) is 19.9 Å². The fourth-order valence-electron chi connectivity index (χ4n) is 13.1. The lowest BCUT2D eigenvalue weighted by molar-refractivity contribution is -0.147. The number of rotatable bonds is 41. The molecular formula is C75H111N11O16S.